The first-order valence-corrected chi connectivity index (χ1v) is 9.22. The fourth-order valence-corrected chi connectivity index (χ4v) is 3.73. The lowest BCUT2D eigenvalue weighted by molar-refractivity contribution is 0.172. The summed E-state index contributed by atoms with van der Waals surface area (Å²) in [5, 5.41) is 3.54. The highest BCUT2D eigenvalue weighted by molar-refractivity contribution is 5.77. The van der Waals surface area contributed by atoms with Crippen LogP contribution in [0.1, 0.15) is 17.5 Å². The van der Waals surface area contributed by atoms with Crippen molar-refractivity contribution < 1.29 is 4.79 Å². The van der Waals surface area contributed by atoms with Gasteiger partial charge < -0.3 is 9.80 Å². The van der Waals surface area contributed by atoms with Gasteiger partial charge in [0.25, 0.3) is 0 Å². The van der Waals surface area contributed by atoms with E-state index in [1.807, 2.05) is 34.2 Å². The molecule has 1 N–H and O–H groups in total. The van der Waals surface area contributed by atoms with Crippen LogP contribution in [-0.2, 0) is 13.0 Å². The molecule has 2 aromatic rings. The Labute approximate surface area is 154 Å². The third-order valence-corrected chi connectivity index (χ3v) is 5.03. The van der Waals surface area contributed by atoms with Gasteiger partial charge in [0.15, 0.2) is 0 Å². The minimum Gasteiger partial charge on any atom is -0.318 e. The molecule has 2 aliphatic heterocycles. The van der Waals surface area contributed by atoms with E-state index in [0.717, 1.165) is 38.0 Å². The van der Waals surface area contributed by atoms with Crippen molar-refractivity contribution in [3.8, 4) is 0 Å². The maximum absolute atomic E-state index is 13.0. The number of carbonyl (C=O) groups excluding carboxylic acids is 1. The van der Waals surface area contributed by atoms with Crippen molar-refractivity contribution in [2.75, 3.05) is 19.6 Å². The van der Waals surface area contributed by atoms with E-state index < -0.39 is 0 Å². The molecular weight excluding hydrogens is 324 g/mol. The first-order chi connectivity index (χ1) is 12.8. The van der Waals surface area contributed by atoms with Crippen LogP contribution in [0.5, 0.6) is 0 Å². The second kappa shape index (κ2) is 7.70. The van der Waals surface area contributed by atoms with Crippen molar-refractivity contribution in [3.63, 3.8) is 0 Å². The topological polar surface area (TPSA) is 48.5 Å². The van der Waals surface area contributed by atoms with Crippen molar-refractivity contribution in [2.45, 2.75) is 25.6 Å². The zero-order valence-corrected chi connectivity index (χ0v) is 14.8. The number of benzene rings is 1. The highest BCUT2D eigenvalue weighted by atomic mass is 16.2. The van der Waals surface area contributed by atoms with E-state index in [-0.39, 0.29) is 12.2 Å². The molecular formula is C21H24N4O. The van der Waals surface area contributed by atoms with Gasteiger partial charge in [0.2, 0.25) is 0 Å². The lowest BCUT2D eigenvalue weighted by Gasteiger charge is -2.33. The molecule has 1 unspecified atom stereocenters. The quantitative estimate of drug-likeness (QED) is 0.846. The smallest absolute Gasteiger partial charge is 0.318 e. The number of nitrogens with zero attached hydrogens (tertiary/aromatic N) is 3. The molecule has 1 fully saturated rings. The van der Waals surface area contributed by atoms with Gasteiger partial charge in [0.05, 0.1) is 0 Å². The average Bonchev–Trinajstić information content (AvgIpc) is 3.04. The lowest BCUT2D eigenvalue weighted by atomic mass is 9.98. The Kier molecular flexibility index (Phi) is 4.97. The highest BCUT2D eigenvalue weighted by Gasteiger charge is 2.35. The zero-order chi connectivity index (χ0) is 17.8. The molecule has 0 radical (unpaired) electrons. The number of rotatable bonds is 5. The molecule has 1 aromatic carbocycles. The van der Waals surface area contributed by atoms with Crippen molar-refractivity contribution >= 4 is 6.03 Å². The van der Waals surface area contributed by atoms with Crippen molar-refractivity contribution in [1.29, 1.82) is 0 Å². The molecule has 1 aromatic heterocycles. The molecule has 0 aliphatic carbocycles. The Morgan fingerprint density at radius 1 is 1.08 bits per heavy atom. The van der Waals surface area contributed by atoms with E-state index in [2.05, 4.69) is 40.6 Å². The molecule has 5 heteroatoms. The van der Waals surface area contributed by atoms with Crippen molar-refractivity contribution in [1.82, 2.24) is 20.1 Å². The lowest BCUT2D eigenvalue weighted by Crippen LogP contribution is -2.50. The van der Waals surface area contributed by atoms with Crippen LogP contribution >= 0.6 is 0 Å². The minimum atomic E-state index is -0.00430. The van der Waals surface area contributed by atoms with E-state index in [4.69, 9.17) is 0 Å². The van der Waals surface area contributed by atoms with Gasteiger partial charge in [-0.2, -0.15) is 0 Å². The molecule has 5 nitrogen and oxygen atoms in total. The summed E-state index contributed by atoms with van der Waals surface area (Å²) in [7, 11) is 0. The third-order valence-electron chi connectivity index (χ3n) is 5.03. The summed E-state index contributed by atoms with van der Waals surface area (Å²) in [6.45, 7) is 3.04. The number of pyridine rings is 1. The summed E-state index contributed by atoms with van der Waals surface area (Å²) in [6, 6.07) is 14.5. The number of hydrogen-bond donors (Lipinski definition) is 1. The molecule has 2 aliphatic rings. The van der Waals surface area contributed by atoms with Gasteiger partial charge in [-0.25, -0.2) is 4.79 Å². The Hall–Kier alpha value is -2.66. The van der Waals surface area contributed by atoms with Crippen molar-refractivity contribution in [2.24, 2.45) is 0 Å². The molecule has 0 saturated carbocycles. The summed E-state index contributed by atoms with van der Waals surface area (Å²) in [5.74, 6) is 0. The normalized spacial score (nSPS) is 20.4. The Morgan fingerprint density at radius 2 is 1.92 bits per heavy atom. The molecule has 0 bridgehead atoms. The van der Waals surface area contributed by atoms with Crippen LogP contribution in [0.4, 0.5) is 4.79 Å². The van der Waals surface area contributed by atoms with Crippen LogP contribution in [0.15, 0.2) is 66.5 Å². The molecule has 26 heavy (non-hydrogen) atoms. The molecule has 1 saturated heterocycles. The van der Waals surface area contributed by atoms with Crippen LogP contribution in [0.3, 0.4) is 0 Å². The summed E-state index contributed by atoms with van der Waals surface area (Å²) in [4.78, 5) is 21.0. The predicted octanol–water partition coefficient (Wildman–Crippen LogP) is 2.81. The largest absolute Gasteiger partial charge is 0.321 e. The van der Waals surface area contributed by atoms with Gasteiger partial charge >= 0.3 is 6.03 Å². The number of aromatic nitrogens is 1. The Bertz CT molecular complexity index is 775. The fourth-order valence-electron chi connectivity index (χ4n) is 3.73. The first kappa shape index (κ1) is 16.8. The number of urea groups is 1. The van der Waals surface area contributed by atoms with Gasteiger partial charge in [0, 0.05) is 38.6 Å². The summed E-state index contributed by atoms with van der Waals surface area (Å²) in [5.41, 5.74) is 3.64. The summed E-state index contributed by atoms with van der Waals surface area (Å²) in [6.07, 6.45) is 7.77. The van der Waals surface area contributed by atoms with Crippen LogP contribution in [0.25, 0.3) is 0 Å². The van der Waals surface area contributed by atoms with Gasteiger partial charge in [-0.3, -0.25) is 10.3 Å². The maximum atomic E-state index is 13.0. The SMILES string of the molecule is O=C1N(Cc2cccnc2)CCN1C1NCCC=C1Cc1ccccc1. The average molecular weight is 348 g/mol. The van der Waals surface area contributed by atoms with E-state index in [0.29, 0.717) is 6.54 Å². The van der Waals surface area contributed by atoms with Crippen LogP contribution in [0.2, 0.25) is 0 Å². The van der Waals surface area contributed by atoms with Crippen LogP contribution in [0, 0.1) is 0 Å². The fraction of sp³-hybridized carbons (Fsp3) is 0.333. The zero-order valence-electron chi connectivity index (χ0n) is 14.8. The summed E-state index contributed by atoms with van der Waals surface area (Å²) < 4.78 is 0. The number of nitrogens with one attached hydrogen (secondary N) is 1. The molecule has 3 heterocycles. The van der Waals surface area contributed by atoms with Gasteiger partial charge in [-0.1, -0.05) is 42.5 Å². The van der Waals surface area contributed by atoms with E-state index in [9.17, 15) is 4.79 Å². The Morgan fingerprint density at radius 3 is 2.73 bits per heavy atom. The predicted molar refractivity (Wildman–Crippen MR) is 101 cm³/mol. The third kappa shape index (κ3) is 3.63. The van der Waals surface area contributed by atoms with E-state index in [1.54, 1.807) is 6.20 Å². The number of amides is 2. The molecule has 2 amide bonds. The van der Waals surface area contributed by atoms with Gasteiger partial charge in [-0.05, 0) is 35.6 Å². The van der Waals surface area contributed by atoms with Crippen LogP contribution < -0.4 is 5.32 Å². The molecule has 0 spiro atoms. The number of hydrogen-bond acceptors (Lipinski definition) is 3. The second-order valence-electron chi connectivity index (χ2n) is 6.85. The maximum Gasteiger partial charge on any atom is 0.321 e. The number of carbonyl (C=O) groups is 1. The van der Waals surface area contributed by atoms with Crippen LogP contribution in [-0.4, -0.2) is 46.6 Å². The standard InChI is InChI=1S/C21H24N4O/c26-21-24(16-18-8-4-10-22-15-18)12-13-25(21)20-19(9-5-11-23-20)14-17-6-2-1-3-7-17/h1-4,6-10,15,20,23H,5,11-14,16H2. The van der Waals surface area contributed by atoms with E-state index >= 15 is 0 Å². The first-order valence-electron chi connectivity index (χ1n) is 9.22. The summed E-state index contributed by atoms with van der Waals surface area (Å²) >= 11 is 0. The van der Waals surface area contributed by atoms with Gasteiger partial charge in [0.1, 0.15) is 6.17 Å². The molecule has 1 atom stereocenters. The van der Waals surface area contributed by atoms with Gasteiger partial charge in [-0.15, -0.1) is 0 Å². The Balaban J connectivity index is 1.46. The molecule has 134 valence electrons. The van der Waals surface area contributed by atoms with E-state index in [1.165, 1.54) is 11.1 Å². The minimum absolute atomic E-state index is 0.00430. The van der Waals surface area contributed by atoms with Crippen molar-refractivity contribution in [3.05, 3.63) is 77.6 Å². The second-order valence-corrected chi connectivity index (χ2v) is 6.85. The monoisotopic (exact) mass is 348 g/mol. The highest BCUT2D eigenvalue weighted by Crippen LogP contribution is 2.23. The molecule has 4 rings (SSSR count).